The van der Waals surface area contributed by atoms with Crippen LogP contribution in [-0.2, 0) is 24.2 Å². The van der Waals surface area contributed by atoms with Crippen molar-refractivity contribution in [2.45, 2.75) is 57.5 Å². The van der Waals surface area contributed by atoms with Gasteiger partial charge in [0.25, 0.3) is 5.56 Å². The number of hydrogen-bond donors (Lipinski definition) is 0. The van der Waals surface area contributed by atoms with Crippen LogP contribution in [0.3, 0.4) is 0 Å². The first-order valence-electron chi connectivity index (χ1n) is 9.71. The van der Waals surface area contributed by atoms with Crippen molar-refractivity contribution in [2.75, 3.05) is 26.7 Å². The molecule has 6 heteroatoms. The van der Waals surface area contributed by atoms with Gasteiger partial charge in [0.2, 0.25) is 5.91 Å². The van der Waals surface area contributed by atoms with Crippen LogP contribution in [0.4, 0.5) is 0 Å². The number of likely N-dealkylation sites (tertiary alicyclic amines) is 2. The maximum atomic E-state index is 12.5. The normalized spacial score (nSPS) is 25.4. The molecule has 3 aliphatic rings. The monoisotopic (exact) mass is 344 g/mol. The van der Waals surface area contributed by atoms with Gasteiger partial charge in [0, 0.05) is 38.7 Å². The van der Waals surface area contributed by atoms with Crippen molar-refractivity contribution < 1.29 is 4.79 Å². The Morgan fingerprint density at radius 2 is 1.92 bits per heavy atom. The number of carbonyl (C=O) groups is 1. The van der Waals surface area contributed by atoms with E-state index in [0.29, 0.717) is 12.5 Å². The van der Waals surface area contributed by atoms with E-state index in [0.717, 1.165) is 63.0 Å². The molecule has 1 aromatic heterocycles. The van der Waals surface area contributed by atoms with Crippen LogP contribution >= 0.6 is 0 Å². The largest absolute Gasteiger partial charge is 0.344 e. The third-order valence-electron chi connectivity index (χ3n) is 6.01. The summed E-state index contributed by atoms with van der Waals surface area (Å²) in [5.74, 6) is 0.688. The van der Waals surface area contributed by atoms with Crippen molar-refractivity contribution in [3.8, 4) is 0 Å². The fraction of sp³-hybridized carbons (Fsp3) is 0.737. The molecule has 25 heavy (non-hydrogen) atoms. The molecular formula is C19H28N4O2. The summed E-state index contributed by atoms with van der Waals surface area (Å²) in [7, 11) is 1.91. The second-order valence-electron chi connectivity index (χ2n) is 7.94. The van der Waals surface area contributed by atoms with Crippen molar-refractivity contribution in [3.05, 3.63) is 27.7 Å². The van der Waals surface area contributed by atoms with Crippen LogP contribution in [0, 0.1) is 5.92 Å². The zero-order chi connectivity index (χ0) is 17.4. The fourth-order valence-corrected chi connectivity index (χ4v) is 4.47. The summed E-state index contributed by atoms with van der Waals surface area (Å²) in [4.78, 5) is 29.0. The highest BCUT2D eigenvalue weighted by molar-refractivity contribution is 5.82. The molecule has 1 atom stereocenters. The molecule has 1 aromatic rings. The Hall–Kier alpha value is -1.69. The lowest BCUT2D eigenvalue weighted by Crippen LogP contribution is -2.58. The highest BCUT2D eigenvalue weighted by Crippen LogP contribution is 2.25. The maximum absolute atomic E-state index is 12.5. The summed E-state index contributed by atoms with van der Waals surface area (Å²) >= 11 is 0. The molecule has 136 valence electrons. The highest BCUT2D eigenvalue weighted by atomic mass is 16.2. The average molecular weight is 344 g/mol. The quantitative estimate of drug-likeness (QED) is 0.823. The number of rotatable bonds is 3. The van der Waals surface area contributed by atoms with Gasteiger partial charge in [-0.05, 0) is 50.5 Å². The maximum Gasteiger partial charge on any atom is 0.267 e. The van der Waals surface area contributed by atoms with Gasteiger partial charge in [0.05, 0.1) is 18.3 Å². The van der Waals surface area contributed by atoms with Crippen molar-refractivity contribution in [1.29, 1.82) is 0 Å². The second-order valence-corrected chi connectivity index (χ2v) is 7.94. The van der Waals surface area contributed by atoms with Crippen LogP contribution in [0.15, 0.2) is 10.9 Å². The SMILES string of the molecule is CN1CCCCC(N2CC(Cn3nc4c(cc3=O)CCCC4)C2)C1=O. The molecule has 1 amide bonds. The van der Waals surface area contributed by atoms with Gasteiger partial charge in [-0.25, -0.2) is 4.68 Å². The molecule has 2 aliphatic heterocycles. The Bertz CT molecular complexity index is 708. The van der Waals surface area contributed by atoms with Gasteiger partial charge in [-0.15, -0.1) is 0 Å². The third kappa shape index (κ3) is 3.36. The van der Waals surface area contributed by atoms with Gasteiger partial charge in [0.1, 0.15) is 0 Å². The lowest BCUT2D eigenvalue weighted by Gasteiger charge is -2.44. The van der Waals surface area contributed by atoms with Crippen LogP contribution in [0.1, 0.15) is 43.4 Å². The van der Waals surface area contributed by atoms with Crippen LogP contribution in [0.25, 0.3) is 0 Å². The number of aromatic nitrogens is 2. The molecule has 6 nitrogen and oxygen atoms in total. The molecule has 0 radical (unpaired) electrons. The van der Waals surface area contributed by atoms with Crippen LogP contribution < -0.4 is 5.56 Å². The minimum absolute atomic E-state index is 0.0318. The molecule has 0 spiro atoms. The van der Waals surface area contributed by atoms with E-state index in [1.165, 1.54) is 12.8 Å². The number of carbonyl (C=O) groups excluding carboxylic acids is 1. The first-order valence-corrected chi connectivity index (χ1v) is 9.71. The molecule has 1 aliphatic carbocycles. The zero-order valence-electron chi connectivity index (χ0n) is 15.1. The molecule has 2 fully saturated rings. The molecule has 2 saturated heterocycles. The van der Waals surface area contributed by atoms with Gasteiger partial charge in [-0.3, -0.25) is 14.5 Å². The van der Waals surface area contributed by atoms with E-state index in [9.17, 15) is 9.59 Å². The number of likely N-dealkylation sites (N-methyl/N-ethyl adjacent to an activating group) is 1. The molecule has 0 N–H and O–H groups in total. The topological polar surface area (TPSA) is 58.4 Å². The van der Waals surface area contributed by atoms with E-state index in [1.54, 1.807) is 10.7 Å². The van der Waals surface area contributed by atoms with Crippen molar-refractivity contribution in [1.82, 2.24) is 19.6 Å². The fourth-order valence-electron chi connectivity index (χ4n) is 4.47. The lowest BCUT2D eigenvalue weighted by atomic mass is 9.95. The standard InChI is InChI=1S/C19H28N4O2/c1-21-9-5-4-8-17(19(21)25)22-11-14(12-22)13-23-18(24)10-15-6-2-3-7-16(15)20-23/h10,14,17H,2-9,11-13H2,1H3. The van der Waals surface area contributed by atoms with E-state index < -0.39 is 0 Å². The Labute approximate surface area is 148 Å². The van der Waals surface area contributed by atoms with Crippen LogP contribution in [0.5, 0.6) is 0 Å². The predicted molar refractivity (Wildman–Crippen MR) is 95.5 cm³/mol. The first-order chi connectivity index (χ1) is 12.1. The summed E-state index contributed by atoms with van der Waals surface area (Å²) in [5.41, 5.74) is 2.29. The van der Waals surface area contributed by atoms with E-state index in [2.05, 4.69) is 10.00 Å². The number of hydrogen-bond acceptors (Lipinski definition) is 4. The second kappa shape index (κ2) is 6.90. The number of aryl methyl sites for hydroxylation is 2. The smallest absolute Gasteiger partial charge is 0.267 e. The molecule has 0 saturated carbocycles. The average Bonchev–Trinajstić information content (AvgIpc) is 2.73. The Balaban J connectivity index is 1.38. The summed E-state index contributed by atoms with van der Waals surface area (Å²) in [5, 5.41) is 4.62. The minimum atomic E-state index is 0.0318. The van der Waals surface area contributed by atoms with Crippen LogP contribution in [0.2, 0.25) is 0 Å². The van der Waals surface area contributed by atoms with Gasteiger partial charge in [-0.2, -0.15) is 5.10 Å². The first kappa shape index (κ1) is 16.8. The highest BCUT2D eigenvalue weighted by Gasteiger charge is 2.38. The van der Waals surface area contributed by atoms with E-state index >= 15 is 0 Å². The predicted octanol–water partition coefficient (Wildman–Crippen LogP) is 1.06. The van der Waals surface area contributed by atoms with Crippen LogP contribution in [-0.4, -0.2) is 58.2 Å². The number of amides is 1. The van der Waals surface area contributed by atoms with Gasteiger partial charge < -0.3 is 4.90 Å². The van der Waals surface area contributed by atoms with E-state index in [4.69, 9.17) is 0 Å². The minimum Gasteiger partial charge on any atom is -0.344 e. The summed E-state index contributed by atoms with van der Waals surface area (Å²) in [6, 6.07) is 1.83. The zero-order valence-corrected chi connectivity index (χ0v) is 15.1. The number of nitrogens with zero attached hydrogens (tertiary/aromatic N) is 4. The van der Waals surface area contributed by atoms with Gasteiger partial charge in [0.15, 0.2) is 0 Å². The van der Waals surface area contributed by atoms with Crippen molar-refractivity contribution in [3.63, 3.8) is 0 Å². The molecular weight excluding hydrogens is 316 g/mol. The molecule has 0 aromatic carbocycles. The number of fused-ring (bicyclic) bond motifs is 1. The Morgan fingerprint density at radius 1 is 1.12 bits per heavy atom. The molecule has 3 heterocycles. The van der Waals surface area contributed by atoms with Crippen molar-refractivity contribution >= 4 is 5.91 Å². The van der Waals surface area contributed by atoms with E-state index in [-0.39, 0.29) is 17.5 Å². The Kier molecular flexibility index (Phi) is 4.63. The van der Waals surface area contributed by atoms with Crippen molar-refractivity contribution in [2.24, 2.45) is 5.92 Å². The van der Waals surface area contributed by atoms with Gasteiger partial charge >= 0.3 is 0 Å². The third-order valence-corrected chi connectivity index (χ3v) is 6.01. The Morgan fingerprint density at radius 3 is 2.76 bits per heavy atom. The summed E-state index contributed by atoms with van der Waals surface area (Å²) in [6.45, 7) is 3.35. The molecule has 1 unspecified atom stereocenters. The molecule has 4 rings (SSSR count). The summed E-state index contributed by atoms with van der Waals surface area (Å²) in [6.07, 6.45) is 7.51. The molecule has 0 bridgehead atoms. The van der Waals surface area contributed by atoms with Gasteiger partial charge in [-0.1, -0.05) is 0 Å². The lowest BCUT2D eigenvalue weighted by molar-refractivity contribution is -0.138. The van der Waals surface area contributed by atoms with E-state index in [1.807, 2.05) is 11.9 Å². The summed E-state index contributed by atoms with van der Waals surface area (Å²) < 4.78 is 1.66.